The first-order chi connectivity index (χ1) is 9.33. The Kier molecular flexibility index (Phi) is 3.28. The van der Waals surface area contributed by atoms with E-state index in [0.29, 0.717) is 0 Å². The zero-order valence-corrected chi connectivity index (χ0v) is 10.8. The molecule has 0 spiro atoms. The van der Waals surface area contributed by atoms with Crippen LogP contribution >= 0.6 is 0 Å². The Bertz CT molecular complexity index is 535. The van der Waals surface area contributed by atoms with Crippen molar-refractivity contribution in [2.24, 2.45) is 0 Å². The molecule has 1 N–H and O–H groups in total. The highest BCUT2D eigenvalue weighted by Crippen LogP contribution is 2.19. The van der Waals surface area contributed by atoms with Crippen molar-refractivity contribution in [3.63, 3.8) is 0 Å². The predicted octanol–water partition coefficient (Wildman–Crippen LogP) is 0.693. The largest absolute Gasteiger partial charge is 0.378 e. The summed E-state index contributed by atoms with van der Waals surface area (Å²) in [5.41, 5.74) is 4.97. The van der Waals surface area contributed by atoms with Crippen LogP contribution in [0, 0.1) is 6.92 Å². The van der Waals surface area contributed by atoms with Crippen molar-refractivity contribution in [1.82, 2.24) is 19.9 Å². The molecule has 0 aromatic carbocycles. The molecule has 1 fully saturated rings. The SMILES string of the molecule is Cc1nc(N2CCOCC2)ccc1Nn1cncn1. The summed E-state index contributed by atoms with van der Waals surface area (Å²) in [6.07, 6.45) is 3.09. The van der Waals surface area contributed by atoms with Crippen LogP contribution in [0.15, 0.2) is 24.8 Å². The Balaban J connectivity index is 1.77. The minimum Gasteiger partial charge on any atom is -0.378 e. The Morgan fingerprint density at radius 2 is 2.11 bits per heavy atom. The highest BCUT2D eigenvalue weighted by molar-refractivity contribution is 5.53. The first-order valence-electron chi connectivity index (χ1n) is 6.25. The topological polar surface area (TPSA) is 68.1 Å². The zero-order chi connectivity index (χ0) is 13.1. The fourth-order valence-electron chi connectivity index (χ4n) is 2.02. The molecule has 0 saturated carbocycles. The Morgan fingerprint density at radius 3 is 2.79 bits per heavy atom. The van der Waals surface area contributed by atoms with Crippen molar-refractivity contribution < 1.29 is 4.74 Å². The van der Waals surface area contributed by atoms with E-state index >= 15 is 0 Å². The number of aromatic nitrogens is 4. The molecule has 0 unspecified atom stereocenters. The third-order valence-electron chi connectivity index (χ3n) is 3.06. The van der Waals surface area contributed by atoms with Crippen LogP contribution in [0.4, 0.5) is 11.5 Å². The van der Waals surface area contributed by atoms with Gasteiger partial charge in [0.1, 0.15) is 18.5 Å². The highest BCUT2D eigenvalue weighted by atomic mass is 16.5. The van der Waals surface area contributed by atoms with Gasteiger partial charge < -0.3 is 9.64 Å². The predicted molar refractivity (Wildman–Crippen MR) is 71.0 cm³/mol. The van der Waals surface area contributed by atoms with Gasteiger partial charge in [0.05, 0.1) is 24.6 Å². The van der Waals surface area contributed by atoms with Gasteiger partial charge >= 0.3 is 0 Å². The molecule has 2 aromatic rings. The van der Waals surface area contributed by atoms with E-state index in [2.05, 4.69) is 25.4 Å². The summed E-state index contributed by atoms with van der Waals surface area (Å²) in [7, 11) is 0. The van der Waals surface area contributed by atoms with Crippen LogP contribution in [-0.2, 0) is 4.74 Å². The second kappa shape index (κ2) is 5.23. The second-order valence-electron chi connectivity index (χ2n) is 4.35. The summed E-state index contributed by atoms with van der Waals surface area (Å²) in [6, 6.07) is 4.02. The van der Waals surface area contributed by atoms with Gasteiger partial charge in [0.25, 0.3) is 0 Å². The number of nitrogens with zero attached hydrogens (tertiary/aromatic N) is 5. The van der Waals surface area contributed by atoms with Crippen molar-refractivity contribution in [1.29, 1.82) is 0 Å². The van der Waals surface area contributed by atoms with Crippen LogP contribution in [0.2, 0.25) is 0 Å². The van der Waals surface area contributed by atoms with Crippen LogP contribution in [-0.4, -0.2) is 46.2 Å². The quantitative estimate of drug-likeness (QED) is 0.876. The van der Waals surface area contributed by atoms with Crippen molar-refractivity contribution in [2.45, 2.75) is 6.92 Å². The summed E-state index contributed by atoms with van der Waals surface area (Å²) in [5, 5.41) is 4.00. The normalized spacial score (nSPS) is 15.5. The van der Waals surface area contributed by atoms with Crippen LogP contribution in [0.25, 0.3) is 0 Å². The molecule has 0 amide bonds. The van der Waals surface area contributed by atoms with Gasteiger partial charge in [-0.05, 0) is 19.1 Å². The lowest BCUT2D eigenvalue weighted by atomic mass is 10.3. The number of rotatable bonds is 3. The molecule has 7 nitrogen and oxygen atoms in total. The number of aryl methyl sites for hydroxylation is 1. The summed E-state index contributed by atoms with van der Waals surface area (Å²) < 4.78 is 5.34. The van der Waals surface area contributed by atoms with Gasteiger partial charge in [-0.3, -0.25) is 5.43 Å². The van der Waals surface area contributed by atoms with Crippen molar-refractivity contribution in [3.8, 4) is 0 Å². The molecular weight excluding hydrogens is 244 g/mol. The maximum Gasteiger partial charge on any atom is 0.139 e. The van der Waals surface area contributed by atoms with E-state index in [1.165, 1.54) is 6.33 Å². The lowest BCUT2D eigenvalue weighted by Crippen LogP contribution is -2.36. The van der Waals surface area contributed by atoms with E-state index < -0.39 is 0 Å². The number of anilines is 2. The van der Waals surface area contributed by atoms with Crippen molar-refractivity contribution in [2.75, 3.05) is 36.6 Å². The minimum atomic E-state index is 0.764. The molecule has 2 aromatic heterocycles. The van der Waals surface area contributed by atoms with Gasteiger partial charge in [-0.2, -0.15) is 4.79 Å². The van der Waals surface area contributed by atoms with Gasteiger partial charge in [-0.1, -0.05) is 0 Å². The standard InChI is InChI=1S/C12H16N6O/c1-10-11(16-18-9-13-8-14-18)2-3-12(15-10)17-4-6-19-7-5-17/h2-3,8-9,16H,4-7H2,1H3. The number of hydrogen-bond acceptors (Lipinski definition) is 6. The smallest absolute Gasteiger partial charge is 0.139 e. The lowest BCUT2D eigenvalue weighted by Gasteiger charge is -2.28. The lowest BCUT2D eigenvalue weighted by molar-refractivity contribution is 0.122. The number of ether oxygens (including phenoxy) is 1. The van der Waals surface area contributed by atoms with Gasteiger partial charge in [-0.25, -0.2) is 9.97 Å². The third-order valence-corrected chi connectivity index (χ3v) is 3.06. The van der Waals surface area contributed by atoms with Gasteiger partial charge in [0.15, 0.2) is 0 Å². The molecule has 1 aliphatic heterocycles. The number of pyridine rings is 1. The van der Waals surface area contributed by atoms with Gasteiger partial charge in [0.2, 0.25) is 0 Å². The molecule has 100 valence electrons. The first-order valence-corrected chi connectivity index (χ1v) is 6.25. The van der Waals surface area contributed by atoms with Gasteiger partial charge in [0, 0.05) is 13.1 Å². The van der Waals surface area contributed by atoms with Crippen molar-refractivity contribution >= 4 is 11.5 Å². The number of hydrogen-bond donors (Lipinski definition) is 1. The average molecular weight is 260 g/mol. The Hall–Kier alpha value is -2.15. The summed E-state index contributed by atoms with van der Waals surface area (Å²) in [6.45, 7) is 5.28. The second-order valence-corrected chi connectivity index (χ2v) is 4.35. The van der Waals surface area contributed by atoms with Gasteiger partial charge in [-0.15, -0.1) is 5.10 Å². The van der Waals surface area contributed by atoms with Crippen LogP contribution < -0.4 is 10.3 Å². The fraction of sp³-hybridized carbons (Fsp3) is 0.417. The number of nitrogens with one attached hydrogen (secondary N) is 1. The first kappa shape index (κ1) is 11.9. The maximum absolute atomic E-state index is 5.34. The van der Waals surface area contributed by atoms with E-state index in [1.807, 2.05) is 19.1 Å². The van der Waals surface area contributed by atoms with E-state index in [4.69, 9.17) is 4.74 Å². The van der Waals surface area contributed by atoms with Crippen LogP contribution in [0.5, 0.6) is 0 Å². The number of morpholine rings is 1. The summed E-state index contributed by atoms with van der Waals surface area (Å²) in [5.74, 6) is 0.991. The Labute approximate surface area is 111 Å². The van der Waals surface area contributed by atoms with E-state index in [0.717, 1.165) is 43.5 Å². The monoisotopic (exact) mass is 260 g/mol. The van der Waals surface area contributed by atoms with Crippen LogP contribution in [0.1, 0.15) is 5.69 Å². The molecule has 0 atom stereocenters. The van der Waals surface area contributed by atoms with E-state index in [9.17, 15) is 0 Å². The maximum atomic E-state index is 5.34. The molecule has 1 saturated heterocycles. The molecule has 1 aliphatic rings. The van der Waals surface area contributed by atoms with Crippen molar-refractivity contribution in [3.05, 3.63) is 30.5 Å². The molecule has 0 radical (unpaired) electrons. The summed E-state index contributed by atoms with van der Waals surface area (Å²) >= 11 is 0. The summed E-state index contributed by atoms with van der Waals surface area (Å²) in [4.78, 5) is 12.3. The third kappa shape index (κ3) is 2.65. The molecule has 0 bridgehead atoms. The fourth-order valence-corrected chi connectivity index (χ4v) is 2.02. The highest BCUT2D eigenvalue weighted by Gasteiger charge is 2.13. The molecule has 3 heterocycles. The zero-order valence-electron chi connectivity index (χ0n) is 10.8. The Morgan fingerprint density at radius 1 is 1.26 bits per heavy atom. The average Bonchev–Trinajstić information content (AvgIpc) is 2.95. The molecule has 0 aliphatic carbocycles. The minimum absolute atomic E-state index is 0.764. The molecule has 7 heteroatoms. The molecule has 19 heavy (non-hydrogen) atoms. The van der Waals surface area contributed by atoms with E-state index in [-0.39, 0.29) is 0 Å². The molecular formula is C12H16N6O. The molecule has 3 rings (SSSR count). The van der Waals surface area contributed by atoms with E-state index in [1.54, 1.807) is 11.1 Å². The van der Waals surface area contributed by atoms with Crippen LogP contribution in [0.3, 0.4) is 0 Å².